The maximum Gasteiger partial charge on any atom is 0.326 e. The van der Waals surface area contributed by atoms with Gasteiger partial charge in [0.2, 0.25) is 5.91 Å². The monoisotopic (exact) mass is 408 g/mol. The van der Waals surface area contributed by atoms with Crippen LogP contribution in [-0.2, 0) is 32.2 Å². The molecule has 2 aromatic rings. The van der Waals surface area contributed by atoms with E-state index in [2.05, 4.69) is 0 Å². The van der Waals surface area contributed by atoms with Gasteiger partial charge in [0.15, 0.2) is 0 Å². The zero-order chi connectivity index (χ0) is 21.1. The van der Waals surface area contributed by atoms with Crippen molar-refractivity contribution in [2.45, 2.75) is 43.9 Å². The summed E-state index contributed by atoms with van der Waals surface area (Å²) in [6, 6.07) is 18.0. The molecule has 30 heavy (non-hydrogen) atoms. The number of aryl methyl sites for hydroxylation is 1. The Hall–Kier alpha value is -3.19. The number of nitrogens with zero attached hydrogens (tertiary/aromatic N) is 2. The molecule has 1 N–H and O–H groups in total. The van der Waals surface area contributed by atoms with Crippen LogP contribution < -0.4 is 0 Å². The molecule has 7 nitrogen and oxygen atoms in total. The van der Waals surface area contributed by atoms with Gasteiger partial charge in [-0.3, -0.25) is 14.4 Å². The number of β-lactam (4-membered cyclic amide) rings is 1. The van der Waals surface area contributed by atoms with Crippen molar-refractivity contribution < 1.29 is 24.3 Å². The largest absolute Gasteiger partial charge is 0.480 e. The smallest absolute Gasteiger partial charge is 0.326 e. The number of hydrogen-bond donors (Lipinski definition) is 1. The predicted molar refractivity (Wildman–Crippen MR) is 108 cm³/mol. The molecule has 0 aliphatic carbocycles. The van der Waals surface area contributed by atoms with Crippen molar-refractivity contribution in [3.63, 3.8) is 0 Å². The van der Waals surface area contributed by atoms with E-state index in [1.54, 1.807) is 0 Å². The van der Waals surface area contributed by atoms with Crippen molar-refractivity contribution in [1.29, 1.82) is 0 Å². The van der Waals surface area contributed by atoms with Crippen molar-refractivity contribution in [2.24, 2.45) is 0 Å². The lowest BCUT2D eigenvalue weighted by atomic mass is 9.87. The van der Waals surface area contributed by atoms with Crippen LogP contribution in [0.4, 0.5) is 0 Å². The first-order valence-corrected chi connectivity index (χ1v) is 10.1. The lowest BCUT2D eigenvalue weighted by Crippen LogP contribution is -2.73. The summed E-state index contributed by atoms with van der Waals surface area (Å²) in [4.78, 5) is 44.7. The lowest BCUT2D eigenvalue weighted by molar-refractivity contribution is -0.243. The number of benzene rings is 2. The molecule has 156 valence electrons. The fourth-order valence-electron chi connectivity index (χ4n) is 4.30. The summed E-state index contributed by atoms with van der Waals surface area (Å²) in [5, 5.41) is 10.9. The second kappa shape index (κ2) is 8.28. The molecule has 4 rings (SSSR count). The SMILES string of the molecule is O=C(O)C1CCC2(CN(OCc3ccccc3)C2=O)N1C(=O)CCc1ccccc1. The van der Waals surface area contributed by atoms with Crippen LogP contribution in [0, 0.1) is 0 Å². The summed E-state index contributed by atoms with van der Waals surface area (Å²) in [6.07, 6.45) is 1.27. The van der Waals surface area contributed by atoms with Gasteiger partial charge in [0, 0.05) is 6.42 Å². The summed E-state index contributed by atoms with van der Waals surface area (Å²) >= 11 is 0. The van der Waals surface area contributed by atoms with E-state index in [4.69, 9.17) is 4.84 Å². The Morgan fingerprint density at radius 3 is 2.27 bits per heavy atom. The molecule has 0 bridgehead atoms. The van der Waals surface area contributed by atoms with Crippen LogP contribution in [0.15, 0.2) is 60.7 Å². The van der Waals surface area contributed by atoms with Crippen molar-refractivity contribution >= 4 is 17.8 Å². The number of amides is 2. The summed E-state index contributed by atoms with van der Waals surface area (Å²) in [6.45, 7) is 0.437. The molecule has 0 saturated carbocycles. The average Bonchev–Trinajstić information content (AvgIpc) is 3.19. The molecule has 2 amide bonds. The van der Waals surface area contributed by atoms with Crippen LogP contribution in [0.2, 0.25) is 0 Å². The van der Waals surface area contributed by atoms with Gasteiger partial charge in [0.05, 0.1) is 6.54 Å². The first-order valence-electron chi connectivity index (χ1n) is 10.1. The van der Waals surface area contributed by atoms with Gasteiger partial charge in [-0.05, 0) is 30.4 Å². The number of carboxylic acids is 1. The highest BCUT2D eigenvalue weighted by Gasteiger charge is 2.64. The van der Waals surface area contributed by atoms with Gasteiger partial charge in [-0.15, -0.1) is 0 Å². The highest BCUT2D eigenvalue weighted by Crippen LogP contribution is 2.43. The Morgan fingerprint density at radius 1 is 1.03 bits per heavy atom. The standard InChI is InChI=1S/C23H24N2O5/c26-20(12-11-17-7-3-1-4-8-17)25-19(21(27)28)13-14-23(25)16-24(22(23)29)30-15-18-9-5-2-6-10-18/h1-10,19H,11-16H2,(H,27,28). The highest BCUT2D eigenvalue weighted by molar-refractivity contribution is 5.99. The van der Waals surface area contributed by atoms with E-state index in [1.165, 1.54) is 9.96 Å². The van der Waals surface area contributed by atoms with E-state index in [0.717, 1.165) is 11.1 Å². The predicted octanol–water partition coefficient (Wildman–Crippen LogP) is 2.41. The van der Waals surface area contributed by atoms with Gasteiger partial charge in [-0.25, -0.2) is 9.86 Å². The minimum Gasteiger partial charge on any atom is -0.480 e. The molecule has 0 aromatic heterocycles. The number of hydrogen-bond acceptors (Lipinski definition) is 4. The van der Waals surface area contributed by atoms with Crippen molar-refractivity contribution in [1.82, 2.24) is 9.96 Å². The molecule has 2 aliphatic rings. The number of likely N-dealkylation sites (tertiary alicyclic amines) is 1. The number of aliphatic carboxylic acids is 1. The summed E-state index contributed by atoms with van der Waals surface area (Å²) in [5.74, 6) is -1.72. The van der Waals surface area contributed by atoms with E-state index in [-0.39, 0.29) is 37.8 Å². The molecule has 2 saturated heterocycles. The zero-order valence-electron chi connectivity index (χ0n) is 16.6. The van der Waals surface area contributed by atoms with Crippen LogP contribution in [0.3, 0.4) is 0 Å². The average molecular weight is 408 g/mol. The number of hydroxylamine groups is 2. The Bertz CT molecular complexity index is 933. The maximum atomic E-state index is 13.0. The third kappa shape index (κ3) is 3.68. The Balaban J connectivity index is 1.44. The first kappa shape index (κ1) is 20.1. The molecule has 2 aliphatic heterocycles. The first-order chi connectivity index (χ1) is 14.5. The van der Waals surface area contributed by atoms with Gasteiger partial charge < -0.3 is 10.0 Å². The van der Waals surface area contributed by atoms with Crippen LogP contribution in [-0.4, -0.2) is 51.0 Å². The minimum absolute atomic E-state index is 0.160. The third-order valence-corrected chi connectivity index (χ3v) is 5.89. The van der Waals surface area contributed by atoms with Gasteiger partial charge in [0.25, 0.3) is 5.91 Å². The van der Waals surface area contributed by atoms with Crippen LogP contribution >= 0.6 is 0 Å². The van der Waals surface area contributed by atoms with E-state index < -0.39 is 17.6 Å². The molecule has 7 heteroatoms. The zero-order valence-corrected chi connectivity index (χ0v) is 16.6. The van der Waals surface area contributed by atoms with Crippen molar-refractivity contribution in [2.75, 3.05) is 6.54 Å². The number of rotatable bonds is 7. The quantitative estimate of drug-likeness (QED) is 0.711. The van der Waals surface area contributed by atoms with Gasteiger partial charge in [0.1, 0.15) is 18.2 Å². The van der Waals surface area contributed by atoms with Crippen LogP contribution in [0.1, 0.15) is 30.4 Å². The maximum absolute atomic E-state index is 13.0. The molecule has 2 unspecified atom stereocenters. The fourth-order valence-corrected chi connectivity index (χ4v) is 4.30. The molecule has 2 fully saturated rings. The normalized spacial score (nSPS) is 22.9. The molecule has 0 radical (unpaired) electrons. The summed E-state index contributed by atoms with van der Waals surface area (Å²) in [7, 11) is 0. The van der Waals surface area contributed by atoms with E-state index >= 15 is 0 Å². The number of carbonyl (C=O) groups excluding carboxylic acids is 2. The van der Waals surface area contributed by atoms with E-state index in [9.17, 15) is 19.5 Å². The molecular formula is C23H24N2O5. The molecule has 2 heterocycles. The lowest BCUT2D eigenvalue weighted by Gasteiger charge is -2.50. The van der Waals surface area contributed by atoms with E-state index in [0.29, 0.717) is 12.8 Å². The van der Waals surface area contributed by atoms with Crippen molar-refractivity contribution in [3.8, 4) is 0 Å². The van der Waals surface area contributed by atoms with Gasteiger partial charge >= 0.3 is 5.97 Å². The van der Waals surface area contributed by atoms with E-state index in [1.807, 2.05) is 60.7 Å². The molecule has 1 spiro atoms. The van der Waals surface area contributed by atoms with Gasteiger partial charge in [-0.2, -0.15) is 0 Å². The summed E-state index contributed by atoms with van der Waals surface area (Å²) < 4.78 is 0. The Kier molecular flexibility index (Phi) is 5.55. The van der Waals surface area contributed by atoms with Crippen LogP contribution in [0.25, 0.3) is 0 Å². The Morgan fingerprint density at radius 2 is 1.67 bits per heavy atom. The molecule has 2 aromatic carbocycles. The van der Waals surface area contributed by atoms with Crippen molar-refractivity contribution in [3.05, 3.63) is 71.8 Å². The number of carbonyl (C=O) groups is 3. The Labute approximate surface area is 174 Å². The van der Waals surface area contributed by atoms with Gasteiger partial charge in [-0.1, -0.05) is 60.7 Å². The second-order valence-corrected chi connectivity index (χ2v) is 7.77. The highest BCUT2D eigenvalue weighted by atomic mass is 16.7. The topological polar surface area (TPSA) is 87.2 Å². The fraction of sp³-hybridized carbons (Fsp3) is 0.348. The third-order valence-electron chi connectivity index (χ3n) is 5.89. The summed E-state index contributed by atoms with van der Waals surface area (Å²) in [5.41, 5.74) is 0.823. The number of carboxylic acid groups (broad SMARTS) is 1. The minimum atomic E-state index is -1.10. The second-order valence-electron chi connectivity index (χ2n) is 7.77. The van der Waals surface area contributed by atoms with Crippen LogP contribution in [0.5, 0.6) is 0 Å². The molecular weight excluding hydrogens is 384 g/mol. The molecule has 2 atom stereocenters.